The van der Waals surface area contributed by atoms with Gasteiger partial charge in [-0.1, -0.05) is 29.0 Å². The molecule has 1 fully saturated rings. The molecule has 0 bridgehead atoms. The molecular weight excluding hydrogens is 515 g/mol. The molecule has 0 atom stereocenters. The molecule has 190 valence electrons. The van der Waals surface area contributed by atoms with Crippen LogP contribution in [0, 0.1) is 0 Å². The van der Waals surface area contributed by atoms with Crippen LogP contribution in [0.3, 0.4) is 0 Å². The molecule has 7 nitrogen and oxygen atoms in total. The van der Waals surface area contributed by atoms with E-state index in [1.807, 2.05) is 0 Å². The lowest BCUT2D eigenvalue weighted by Gasteiger charge is -2.31. The third kappa shape index (κ3) is 6.61. The van der Waals surface area contributed by atoms with E-state index >= 15 is 0 Å². The van der Waals surface area contributed by atoms with Gasteiger partial charge in [-0.15, -0.1) is 0 Å². The second kappa shape index (κ2) is 11.0. The minimum absolute atomic E-state index is 0.104. The zero-order chi connectivity index (χ0) is 25.9. The Morgan fingerprint density at radius 2 is 1.81 bits per heavy atom. The molecule has 36 heavy (non-hydrogen) atoms. The van der Waals surface area contributed by atoms with Crippen molar-refractivity contribution in [3.8, 4) is 0 Å². The number of hydrogen-bond acceptors (Lipinski definition) is 6. The normalized spacial score (nSPS) is 15.0. The lowest BCUT2D eigenvalue weighted by molar-refractivity contribution is -0.137. The van der Waals surface area contributed by atoms with Gasteiger partial charge < -0.3 is 15.5 Å². The van der Waals surface area contributed by atoms with Crippen molar-refractivity contribution >= 4 is 45.4 Å². The van der Waals surface area contributed by atoms with Gasteiger partial charge in [-0.3, -0.25) is 14.5 Å². The number of thiazole rings is 1. The summed E-state index contributed by atoms with van der Waals surface area (Å²) in [6, 6.07) is 8.35. The fourth-order valence-corrected chi connectivity index (χ4v) is 4.69. The molecule has 0 saturated carbocycles. The van der Waals surface area contributed by atoms with Crippen LogP contribution in [0.25, 0.3) is 0 Å². The first kappa shape index (κ1) is 26.1. The molecule has 0 unspecified atom stereocenters. The number of carbonyl (C=O) groups excluding carboxylic acids is 2. The topological polar surface area (TPSA) is 77.6 Å². The third-order valence-electron chi connectivity index (χ3n) is 5.67. The van der Waals surface area contributed by atoms with Gasteiger partial charge >= 0.3 is 6.18 Å². The number of piperazine rings is 1. The number of anilines is 2. The number of nitrogens with one attached hydrogen (secondary N) is 2. The van der Waals surface area contributed by atoms with Gasteiger partial charge in [-0.25, -0.2) is 4.98 Å². The molecule has 1 aliphatic heterocycles. The van der Waals surface area contributed by atoms with Crippen LogP contribution in [0.5, 0.6) is 0 Å². The van der Waals surface area contributed by atoms with Gasteiger partial charge in [0.2, 0.25) is 0 Å². The number of amides is 2. The van der Waals surface area contributed by atoms with Crippen molar-refractivity contribution in [1.82, 2.24) is 14.8 Å². The summed E-state index contributed by atoms with van der Waals surface area (Å²) in [6.45, 7) is 4.59. The number of likely N-dealkylation sites (N-methyl/N-ethyl adjacent to an activating group) is 1. The Morgan fingerprint density at radius 1 is 1.06 bits per heavy atom. The van der Waals surface area contributed by atoms with E-state index in [0.29, 0.717) is 11.5 Å². The summed E-state index contributed by atoms with van der Waals surface area (Å²) in [5.74, 6) is -1.24. The molecule has 12 heteroatoms. The van der Waals surface area contributed by atoms with Crippen LogP contribution in [0.4, 0.5) is 23.9 Å². The summed E-state index contributed by atoms with van der Waals surface area (Å²) in [5, 5.41) is 6.87. The second-order valence-electron chi connectivity index (χ2n) is 8.38. The second-order valence-corrected chi connectivity index (χ2v) is 9.90. The lowest BCUT2D eigenvalue weighted by atomic mass is 10.1. The highest BCUT2D eigenvalue weighted by Gasteiger charge is 2.31. The molecule has 0 radical (unpaired) electrons. The number of benzene rings is 2. The minimum atomic E-state index is -4.57. The summed E-state index contributed by atoms with van der Waals surface area (Å²) < 4.78 is 38.9. The quantitative estimate of drug-likeness (QED) is 0.459. The number of hydrogen-bond donors (Lipinski definition) is 2. The van der Waals surface area contributed by atoms with Crippen molar-refractivity contribution < 1.29 is 22.8 Å². The minimum Gasteiger partial charge on any atom is -0.322 e. The molecule has 1 aromatic heterocycles. The molecular formula is C24H23ClF3N5O2S. The van der Waals surface area contributed by atoms with E-state index in [1.165, 1.54) is 35.6 Å². The van der Waals surface area contributed by atoms with E-state index in [1.54, 1.807) is 6.20 Å². The maximum atomic E-state index is 13.0. The molecule has 2 aromatic carbocycles. The van der Waals surface area contributed by atoms with Crippen LogP contribution in [-0.2, 0) is 12.7 Å². The molecule has 0 spiro atoms. The molecule has 0 aliphatic carbocycles. The van der Waals surface area contributed by atoms with Crippen molar-refractivity contribution in [2.75, 3.05) is 43.9 Å². The highest BCUT2D eigenvalue weighted by atomic mass is 35.5. The summed E-state index contributed by atoms with van der Waals surface area (Å²) in [7, 11) is 2.09. The van der Waals surface area contributed by atoms with E-state index in [9.17, 15) is 22.8 Å². The third-order valence-corrected chi connectivity index (χ3v) is 6.89. The molecule has 1 aliphatic rings. The first-order valence-corrected chi connectivity index (χ1v) is 12.2. The van der Waals surface area contributed by atoms with Crippen LogP contribution >= 0.6 is 22.9 Å². The number of nitrogens with zero attached hydrogens (tertiary/aromatic N) is 3. The van der Waals surface area contributed by atoms with Gasteiger partial charge in [0.15, 0.2) is 0 Å². The summed E-state index contributed by atoms with van der Waals surface area (Å²) >= 11 is 7.57. The predicted octanol–water partition coefficient (Wildman–Crippen LogP) is 5.07. The van der Waals surface area contributed by atoms with E-state index < -0.39 is 23.6 Å². The maximum absolute atomic E-state index is 13.0. The first-order valence-electron chi connectivity index (χ1n) is 11.0. The fraction of sp³-hybridized carbons (Fsp3) is 0.292. The summed E-state index contributed by atoms with van der Waals surface area (Å²) in [6.07, 6.45) is -2.98. The van der Waals surface area contributed by atoms with Crippen molar-refractivity contribution in [2.24, 2.45) is 0 Å². The number of alkyl halides is 3. The smallest absolute Gasteiger partial charge is 0.322 e. The first-order chi connectivity index (χ1) is 17.1. The van der Waals surface area contributed by atoms with Crippen LogP contribution in [0.1, 0.15) is 31.3 Å². The van der Waals surface area contributed by atoms with E-state index in [2.05, 4.69) is 32.5 Å². The van der Waals surface area contributed by atoms with E-state index in [-0.39, 0.29) is 21.8 Å². The van der Waals surface area contributed by atoms with Crippen LogP contribution < -0.4 is 10.6 Å². The molecule has 1 saturated heterocycles. The fourth-order valence-electron chi connectivity index (χ4n) is 3.63. The average molecular weight is 538 g/mol. The Hall–Kier alpha value is -2.99. The zero-order valence-electron chi connectivity index (χ0n) is 19.2. The Morgan fingerprint density at radius 3 is 2.53 bits per heavy atom. The van der Waals surface area contributed by atoms with Gasteiger partial charge in [-0.05, 0) is 43.4 Å². The lowest BCUT2D eigenvalue weighted by Crippen LogP contribution is -2.43. The molecule has 4 rings (SSSR count). The average Bonchev–Trinajstić information content (AvgIpc) is 3.27. The van der Waals surface area contributed by atoms with Gasteiger partial charge in [0.25, 0.3) is 11.8 Å². The van der Waals surface area contributed by atoms with E-state index in [4.69, 9.17) is 11.6 Å². The highest BCUT2D eigenvalue weighted by Crippen LogP contribution is 2.30. The van der Waals surface area contributed by atoms with Gasteiger partial charge in [0.1, 0.15) is 10.0 Å². The van der Waals surface area contributed by atoms with Crippen molar-refractivity contribution in [3.05, 3.63) is 75.4 Å². The Kier molecular flexibility index (Phi) is 7.94. The standard InChI is InChI=1S/C24H23ClF3N5O2S/c1-32-7-9-33(10-8-32)14-21-29-13-20(36-21)31-23(35)18-12-17(5-6-19(18)25)30-22(34)15-3-2-4-16(11-15)24(26,27)28/h2-6,11-13H,7-10,14H2,1H3,(H,30,34)(H,31,35). The van der Waals surface area contributed by atoms with Crippen LogP contribution in [0.15, 0.2) is 48.7 Å². The van der Waals surface area contributed by atoms with Crippen molar-refractivity contribution in [3.63, 3.8) is 0 Å². The Balaban J connectivity index is 1.41. The predicted molar refractivity (Wildman–Crippen MR) is 134 cm³/mol. The molecule has 2 heterocycles. The highest BCUT2D eigenvalue weighted by molar-refractivity contribution is 7.15. The molecule has 2 amide bonds. The van der Waals surface area contributed by atoms with Crippen molar-refractivity contribution in [1.29, 1.82) is 0 Å². The summed E-state index contributed by atoms with van der Waals surface area (Å²) in [4.78, 5) is 34.3. The molecule has 2 N–H and O–H groups in total. The largest absolute Gasteiger partial charge is 0.416 e. The van der Waals surface area contributed by atoms with Gasteiger partial charge in [0, 0.05) is 37.4 Å². The SMILES string of the molecule is CN1CCN(Cc2ncc(NC(=O)c3cc(NC(=O)c4cccc(C(F)(F)F)c4)ccc3Cl)s2)CC1. The Bertz CT molecular complexity index is 1260. The van der Waals surface area contributed by atoms with Crippen LogP contribution in [-0.4, -0.2) is 59.8 Å². The monoisotopic (exact) mass is 537 g/mol. The van der Waals surface area contributed by atoms with Crippen molar-refractivity contribution in [2.45, 2.75) is 12.7 Å². The van der Waals surface area contributed by atoms with Gasteiger partial charge in [-0.2, -0.15) is 13.2 Å². The molecule has 3 aromatic rings. The number of aromatic nitrogens is 1. The number of rotatable bonds is 6. The van der Waals surface area contributed by atoms with E-state index in [0.717, 1.165) is 49.4 Å². The summed E-state index contributed by atoms with van der Waals surface area (Å²) in [5.41, 5.74) is -0.772. The number of halogens is 4. The number of carbonyl (C=O) groups is 2. The van der Waals surface area contributed by atoms with Crippen LogP contribution in [0.2, 0.25) is 5.02 Å². The van der Waals surface area contributed by atoms with Gasteiger partial charge in [0.05, 0.1) is 28.9 Å². The zero-order valence-corrected chi connectivity index (χ0v) is 20.8. The Labute approximate surface area is 214 Å². The maximum Gasteiger partial charge on any atom is 0.416 e.